The van der Waals surface area contributed by atoms with Gasteiger partial charge in [0.25, 0.3) is 5.91 Å². The van der Waals surface area contributed by atoms with Gasteiger partial charge in [-0.05, 0) is 36.5 Å². The first-order valence-electron chi connectivity index (χ1n) is 9.10. The predicted molar refractivity (Wildman–Crippen MR) is 102 cm³/mol. The van der Waals surface area contributed by atoms with Crippen molar-refractivity contribution in [3.63, 3.8) is 0 Å². The maximum Gasteiger partial charge on any atom is 0.272 e. The number of carbonyl (C=O) groups is 1. The molecule has 26 heavy (non-hydrogen) atoms. The maximum absolute atomic E-state index is 12.8. The number of aliphatic hydroxyl groups excluding tert-OH is 1. The Hall–Kier alpha value is -2.72. The van der Waals surface area contributed by atoms with E-state index >= 15 is 0 Å². The standard InChI is InChI=1S/C22H22N2O2/c25-21(17-7-2-1-3-8-17)18-12-14-24(15-13-18)22(26)20-11-10-16-6-4-5-9-19(16)23-20/h1-11,18,21,25H,12-15H2. The van der Waals surface area contributed by atoms with Crippen molar-refractivity contribution >= 4 is 16.8 Å². The number of aromatic nitrogens is 1. The van der Waals surface area contributed by atoms with Gasteiger partial charge in [-0.3, -0.25) is 4.79 Å². The summed E-state index contributed by atoms with van der Waals surface area (Å²) in [4.78, 5) is 19.2. The lowest BCUT2D eigenvalue weighted by Gasteiger charge is -2.34. The lowest BCUT2D eigenvalue weighted by molar-refractivity contribution is 0.0459. The highest BCUT2D eigenvalue weighted by Crippen LogP contribution is 2.31. The second-order valence-corrected chi connectivity index (χ2v) is 6.87. The molecule has 2 aromatic carbocycles. The molecule has 1 atom stereocenters. The van der Waals surface area contributed by atoms with Crippen LogP contribution in [0.25, 0.3) is 10.9 Å². The number of para-hydroxylation sites is 1. The summed E-state index contributed by atoms with van der Waals surface area (Å²) in [7, 11) is 0. The van der Waals surface area contributed by atoms with E-state index in [0.29, 0.717) is 18.8 Å². The van der Waals surface area contributed by atoms with E-state index in [9.17, 15) is 9.90 Å². The number of likely N-dealkylation sites (tertiary alicyclic amines) is 1. The maximum atomic E-state index is 12.8. The van der Waals surface area contributed by atoms with Crippen molar-refractivity contribution in [2.45, 2.75) is 18.9 Å². The number of hydrogen-bond donors (Lipinski definition) is 1. The number of hydrogen-bond acceptors (Lipinski definition) is 3. The molecule has 4 rings (SSSR count). The summed E-state index contributed by atoms with van der Waals surface area (Å²) in [5, 5.41) is 11.6. The van der Waals surface area contributed by atoms with Crippen molar-refractivity contribution < 1.29 is 9.90 Å². The number of rotatable bonds is 3. The van der Waals surface area contributed by atoms with E-state index in [4.69, 9.17) is 0 Å². The zero-order valence-electron chi connectivity index (χ0n) is 14.6. The molecule has 4 heteroatoms. The molecule has 0 radical (unpaired) electrons. The van der Waals surface area contributed by atoms with Crippen LogP contribution in [0.4, 0.5) is 0 Å². The van der Waals surface area contributed by atoms with Crippen LogP contribution < -0.4 is 0 Å². The fourth-order valence-electron chi connectivity index (χ4n) is 3.69. The van der Waals surface area contributed by atoms with Crippen LogP contribution in [0.15, 0.2) is 66.7 Å². The highest BCUT2D eigenvalue weighted by molar-refractivity contribution is 5.94. The van der Waals surface area contributed by atoms with Gasteiger partial charge in [0, 0.05) is 18.5 Å². The molecule has 1 aliphatic rings. The number of amides is 1. The number of pyridine rings is 1. The number of aliphatic hydroxyl groups is 1. The van der Waals surface area contributed by atoms with Gasteiger partial charge in [-0.1, -0.05) is 54.6 Å². The molecule has 2 heterocycles. The zero-order chi connectivity index (χ0) is 17.9. The average molecular weight is 346 g/mol. The number of fused-ring (bicyclic) bond motifs is 1. The third-order valence-corrected chi connectivity index (χ3v) is 5.23. The van der Waals surface area contributed by atoms with Crippen molar-refractivity contribution in [1.82, 2.24) is 9.88 Å². The summed E-state index contributed by atoms with van der Waals surface area (Å²) in [5.41, 5.74) is 2.28. The molecule has 1 saturated heterocycles. The molecule has 1 amide bonds. The predicted octanol–water partition coefficient (Wildman–Crippen LogP) is 3.82. The Kier molecular flexibility index (Phi) is 4.67. The van der Waals surface area contributed by atoms with Gasteiger partial charge >= 0.3 is 0 Å². The van der Waals surface area contributed by atoms with Crippen molar-refractivity contribution in [2.24, 2.45) is 5.92 Å². The minimum absolute atomic E-state index is 0.0246. The Morgan fingerprint density at radius 2 is 1.65 bits per heavy atom. The molecular formula is C22H22N2O2. The molecule has 0 aliphatic carbocycles. The van der Waals surface area contributed by atoms with Gasteiger partial charge in [0.05, 0.1) is 11.6 Å². The number of piperidine rings is 1. The van der Waals surface area contributed by atoms with E-state index in [1.807, 2.05) is 65.6 Å². The molecule has 0 spiro atoms. The van der Waals surface area contributed by atoms with E-state index in [1.165, 1.54) is 0 Å². The Bertz CT molecular complexity index is 902. The first kappa shape index (κ1) is 16.7. The molecule has 0 bridgehead atoms. The highest BCUT2D eigenvalue weighted by Gasteiger charge is 2.29. The Morgan fingerprint density at radius 1 is 0.962 bits per heavy atom. The molecule has 3 aromatic rings. The zero-order valence-corrected chi connectivity index (χ0v) is 14.6. The van der Waals surface area contributed by atoms with Gasteiger partial charge in [0.1, 0.15) is 5.69 Å². The monoisotopic (exact) mass is 346 g/mol. The van der Waals surface area contributed by atoms with Crippen LogP contribution >= 0.6 is 0 Å². The molecular weight excluding hydrogens is 324 g/mol. The molecule has 4 nitrogen and oxygen atoms in total. The van der Waals surface area contributed by atoms with Crippen LogP contribution in [0.3, 0.4) is 0 Å². The van der Waals surface area contributed by atoms with Crippen molar-refractivity contribution in [3.8, 4) is 0 Å². The lowest BCUT2D eigenvalue weighted by Crippen LogP contribution is -2.40. The van der Waals surface area contributed by atoms with Crippen LogP contribution in [-0.4, -0.2) is 34.0 Å². The minimum Gasteiger partial charge on any atom is -0.388 e. The third kappa shape index (κ3) is 3.33. The SMILES string of the molecule is O=C(c1ccc2ccccc2n1)N1CCC(C(O)c2ccccc2)CC1. The largest absolute Gasteiger partial charge is 0.388 e. The van der Waals surface area contributed by atoms with Gasteiger partial charge in [-0.2, -0.15) is 0 Å². The smallest absolute Gasteiger partial charge is 0.272 e. The topological polar surface area (TPSA) is 53.4 Å². The van der Waals surface area contributed by atoms with Crippen molar-refractivity contribution in [2.75, 3.05) is 13.1 Å². The quantitative estimate of drug-likeness (QED) is 0.784. The molecule has 1 N–H and O–H groups in total. The third-order valence-electron chi connectivity index (χ3n) is 5.23. The van der Waals surface area contributed by atoms with Crippen molar-refractivity contribution in [3.05, 3.63) is 78.0 Å². The number of benzene rings is 2. The summed E-state index contributed by atoms with van der Waals surface area (Å²) >= 11 is 0. The van der Waals surface area contributed by atoms with Crippen molar-refractivity contribution in [1.29, 1.82) is 0 Å². The van der Waals surface area contributed by atoms with Crippen LogP contribution in [0.1, 0.15) is 35.0 Å². The molecule has 1 aliphatic heterocycles. The molecule has 1 unspecified atom stereocenters. The first-order chi connectivity index (χ1) is 12.7. The van der Waals surface area contributed by atoms with Crippen LogP contribution in [0.5, 0.6) is 0 Å². The lowest BCUT2D eigenvalue weighted by atomic mass is 9.87. The molecule has 0 saturated carbocycles. The normalized spacial score (nSPS) is 16.6. The summed E-state index contributed by atoms with van der Waals surface area (Å²) in [6, 6.07) is 21.3. The fourth-order valence-corrected chi connectivity index (χ4v) is 3.69. The minimum atomic E-state index is -0.466. The van der Waals surface area contributed by atoms with E-state index in [0.717, 1.165) is 29.3 Å². The van der Waals surface area contributed by atoms with E-state index in [2.05, 4.69) is 4.98 Å². The average Bonchev–Trinajstić information content (AvgIpc) is 2.73. The molecule has 1 aromatic heterocycles. The summed E-state index contributed by atoms with van der Waals surface area (Å²) in [6.45, 7) is 1.31. The second kappa shape index (κ2) is 7.26. The summed E-state index contributed by atoms with van der Waals surface area (Å²) in [6.07, 6.45) is 1.14. The molecule has 132 valence electrons. The van der Waals surface area contributed by atoms with Crippen LogP contribution in [0, 0.1) is 5.92 Å². The van der Waals surface area contributed by atoms with E-state index in [-0.39, 0.29) is 11.8 Å². The van der Waals surface area contributed by atoms with Gasteiger partial charge < -0.3 is 10.0 Å². The first-order valence-corrected chi connectivity index (χ1v) is 9.10. The van der Waals surface area contributed by atoms with Gasteiger partial charge in [-0.15, -0.1) is 0 Å². The van der Waals surface area contributed by atoms with Crippen LogP contribution in [0.2, 0.25) is 0 Å². The Labute approximate surface area is 153 Å². The Morgan fingerprint density at radius 3 is 2.42 bits per heavy atom. The van der Waals surface area contributed by atoms with Crippen LogP contribution in [-0.2, 0) is 0 Å². The second-order valence-electron chi connectivity index (χ2n) is 6.87. The van der Waals surface area contributed by atoms with Gasteiger partial charge in [-0.25, -0.2) is 4.98 Å². The molecule has 1 fully saturated rings. The summed E-state index contributed by atoms with van der Waals surface area (Å²) in [5.74, 6) is 0.161. The highest BCUT2D eigenvalue weighted by atomic mass is 16.3. The number of nitrogens with zero attached hydrogens (tertiary/aromatic N) is 2. The Balaban J connectivity index is 1.43. The van der Waals surface area contributed by atoms with Gasteiger partial charge in [0.2, 0.25) is 0 Å². The number of carbonyl (C=O) groups excluding carboxylic acids is 1. The van der Waals surface area contributed by atoms with Gasteiger partial charge in [0.15, 0.2) is 0 Å². The fraction of sp³-hybridized carbons (Fsp3) is 0.273. The summed E-state index contributed by atoms with van der Waals surface area (Å²) < 4.78 is 0. The van der Waals surface area contributed by atoms with E-state index in [1.54, 1.807) is 6.07 Å². The van der Waals surface area contributed by atoms with E-state index < -0.39 is 6.10 Å².